The molecule has 3 aromatic rings. The van der Waals surface area contributed by atoms with Crippen molar-refractivity contribution in [3.8, 4) is 0 Å². The molecule has 8 heteroatoms. The highest BCUT2D eigenvalue weighted by Gasteiger charge is 2.30. The van der Waals surface area contributed by atoms with Crippen LogP contribution in [0.25, 0.3) is 11.0 Å². The molecule has 3 aromatic heterocycles. The molecular weight excluding hydrogens is 330 g/mol. The second-order valence-electron chi connectivity index (χ2n) is 7.32. The summed E-state index contributed by atoms with van der Waals surface area (Å²) in [5, 5.41) is 9.87. The van der Waals surface area contributed by atoms with Crippen LogP contribution in [0.5, 0.6) is 0 Å². The van der Waals surface area contributed by atoms with Gasteiger partial charge in [0.2, 0.25) is 0 Å². The van der Waals surface area contributed by atoms with Crippen molar-refractivity contribution in [2.45, 2.75) is 32.2 Å². The van der Waals surface area contributed by atoms with Crippen molar-refractivity contribution in [3.63, 3.8) is 0 Å². The maximum Gasteiger partial charge on any atom is 0.267 e. The molecule has 134 valence electrons. The Bertz CT molecular complexity index is 1030. The monoisotopic (exact) mass is 351 g/mol. The van der Waals surface area contributed by atoms with E-state index in [1.54, 1.807) is 21.8 Å². The lowest BCUT2D eigenvalue weighted by Crippen LogP contribution is -2.50. The third kappa shape index (κ3) is 2.48. The number of anilines is 1. The molecule has 0 saturated carbocycles. The van der Waals surface area contributed by atoms with Crippen LogP contribution in [0, 0.1) is 5.92 Å². The van der Waals surface area contributed by atoms with Crippen LogP contribution in [0.4, 0.5) is 5.82 Å². The number of fused-ring (bicyclic) bond motifs is 2. The lowest BCUT2D eigenvalue weighted by atomic mass is 9.96. The fraction of sp³-hybridized carbons (Fsp3) is 0.500. The van der Waals surface area contributed by atoms with Gasteiger partial charge in [0.25, 0.3) is 5.56 Å². The largest absolute Gasteiger partial charge is 0.355 e. The molecule has 5 rings (SSSR count). The predicted octanol–water partition coefficient (Wildman–Crippen LogP) is 0.935. The molecule has 0 spiro atoms. The SMILES string of the molecule is Cn1ncc2c(N3CC(Cn4nc5c(cc4=O)CCCC5)C3)ncnc21. The van der Waals surface area contributed by atoms with Gasteiger partial charge in [-0.15, -0.1) is 0 Å². The van der Waals surface area contributed by atoms with E-state index < -0.39 is 0 Å². The predicted molar refractivity (Wildman–Crippen MR) is 97.1 cm³/mol. The van der Waals surface area contributed by atoms with Gasteiger partial charge in [0.1, 0.15) is 12.1 Å². The van der Waals surface area contributed by atoms with Crippen LogP contribution in [-0.2, 0) is 26.4 Å². The smallest absolute Gasteiger partial charge is 0.267 e. The van der Waals surface area contributed by atoms with Crippen molar-refractivity contribution in [2.75, 3.05) is 18.0 Å². The maximum atomic E-state index is 12.4. The summed E-state index contributed by atoms with van der Waals surface area (Å²) in [4.78, 5) is 23.3. The van der Waals surface area contributed by atoms with Crippen LogP contribution in [0.15, 0.2) is 23.4 Å². The number of hydrogen-bond donors (Lipinski definition) is 0. The summed E-state index contributed by atoms with van der Waals surface area (Å²) in [5.41, 5.74) is 3.12. The minimum Gasteiger partial charge on any atom is -0.355 e. The lowest BCUT2D eigenvalue weighted by Gasteiger charge is -2.40. The summed E-state index contributed by atoms with van der Waals surface area (Å²) >= 11 is 0. The fourth-order valence-electron chi connectivity index (χ4n) is 4.04. The second kappa shape index (κ2) is 5.89. The Morgan fingerprint density at radius 1 is 1.19 bits per heavy atom. The first-order valence-electron chi connectivity index (χ1n) is 9.16. The molecule has 0 aromatic carbocycles. The average Bonchev–Trinajstić information content (AvgIpc) is 3.00. The molecule has 1 aliphatic carbocycles. The molecule has 0 N–H and O–H groups in total. The summed E-state index contributed by atoms with van der Waals surface area (Å²) in [7, 11) is 1.88. The molecular formula is C18H21N7O. The summed E-state index contributed by atoms with van der Waals surface area (Å²) in [6.45, 7) is 2.41. The van der Waals surface area contributed by atoms with Gasteiger partial charge in [-0.25, -0.2) is 14.6 Å². The van der Waals surface area contributed by atoms with Crippen LogP contribution in [0.1, 0.15) is 24.1 Å². The summed E-state index contributed by atoms with van der Waals surface area (Å²) in [6.07, 6.45) is 7.72. The standard InChI is InChI=1S/C18H21N7O/c1-23-17-14(7-21-23)18(20-11-19-17)24-8-12(9-24)10-25-16(26)6-13-4-2-3-5-15(13)22-25/h6-7,11-12H,2-5,8-10H2,1H3. The maximum absolute atomic E-state index is 12.4. The molecule has 2 aliphatic rings. The highest BCUT2D eigenvalue weighted by molar-refractivity contribution is 5.86. The van der Waals surface area contributed by atoms with Crippen molar-refractivity contribution in [3.05, 3.63) is 40.2 Å². The lowest BCUT2D eigenvalue weighted by molar-refractivity contribution is 0.330. The molecule has 4 heterocycles. The van der Waals surface area contributed by atoms with E-state index in [1.165, 1.54) is 6.42 Å². The van der Waals surface area contributed by atoms with Crippen molar-refractivity contribution in [2.24, 2.45) is 13.0 Å². The molecule has 0 atom stereocenters. The minimum absolute atomic E-state index is 0.0285. The molecule has 8 nitrogen and oxygen atoms in total. The zero-order chi connectivity index (χ0) is 17.7. The average molecular weight is 351 g/mol. The molecule has 0 bridgehead atoms. The Labute approximate surface area is 150 Å². The number of rotatable bonds is 3. The van der Waals surface area contributed by atoms with Gasteiger partial charge in [0, 0.05) is 32.1 Å². The fourth-order valence-corrected chi connectivity index (χ4v) is 4.04. The van der Waals surface area contributed by atoms with Crippen LogP contribution >= 0.6 is 0 Å². The van der Waals surface area contributed by atoms with Gasteiger partial charge in [0.15, 0.2) is 5.65 Å². The van der Waals surface area contributed by atoms with E-state index in [0.717, 1.165) is 60.5 Å². The van der Waals surface area contributed by atoms with Crippen LogP contribution in [0.3, 0.4) is 0 Å². The Morgan fingerprint density at radius 2 is 2.04 bits per heavy atom. The summed E-state index contributed by atoms with van der Waals surface area (Å²) < 4.78 is 3.42. The van der Waals surface area contributed by atoms with Gasteiger partial charge < -0.3 is 4.90 Å². The highest BCUT2D eigenvalue weighted by Crippen LogP contribution is 2.29. The molecule has 0 radical (unpaired) electrons. The van der Waals surface area contributed by atoms with E-state index in [1.807, 2.05) is 13.2 Å². The van der Waals surface area contributed by atoms with E-state index >= 15 is 0 Å². The van der Waals surface area contributed by atoms with Gasteiger partial charge in [-0.1, -0.05) is 0 Å². The van der Waals surface area contributed by atoms with Gasteiger partial charge in [0.05, 0.1) is 23.8 Å². The number of aryl methyl sites for hydroxylation is 3. The Balaban J connectivity index is 1.32. The molecule has 0 unspecified atom stereocenters. The molecule has 1 aliphatic heterocycles. The first-order chi connectivity index (χ1) is 12.7. The van der Waals surface area contributed by atoms with Crippen molar-refractivity contribution in [1.82, 2.24) is 29.5 Å². The van der Waals surface area contributed by atoms with Crippen LogP contribution in [-0.4, -0.2) is 42.6 Å². The quantitative estimate of drug-likeness (QED) is 0.698. The minimum atomic E-state index is 0.0285. The first kappa shape index (κ1) is 15.5. The summed E-state index contributed by atoms with van der Waals surface area (Å²) in [6, 6.07) is 1.79. The van der Waals surface area contributed by atoms with E-state index in [9.17, 15) is 4.79 Å². The number of hydrogen-bond acceptors (Lipinski definition) is 6. The number of aromatic nitrogens is 6. The van der Waals surface area contributed by atoms with Gasteiger partial charge in [-0.2, -0.15) is 10.2 Å². The molecule has 0 amide bonds. The van der Waals surface area contributed by atoms with Crippen LogP contribution < -0.4 is 10.5 Å². The zero-order valence-corrected chi connectivity index (χ0v) is 14.8. The van der Waals surface area contributed by atoms with Gasteiger partial charge in [-0.3, -0.25) is 9.48 Å². The van der Waals surface area contributed by atoms with E-state index in [-0.39, 0.29) is 5.56 Å². The highest BCUT2D eigenvalue weighted by atomic mass is 16.1. The zero-order valence-electron chi connectivity index (χ0n) is 14.8. The van der Waals surface area contributed by atoms with E-state index in [4.69, 9.17) is 0 Å². The van der Waals surface area contributed by atoms with E-state index in [2.05, 4.69) is 25.1 Å². The second-order valence-corrected chi connectivity index (χ2v) is 7.32. The Morgan fingerprint density at radius 3 is 2.92 bits per heavy atom. The summed E-state index contributed by atoms with van der Waals surface area (Å²) in [5.74, 6) is 1.33. The third-order valence-electron chi connectivity index (χ3n) is 5.47. The Hall–Kier alpha value is -2.77. The Kier molecular flexibility index (Phi) is 3.51. The van der Waals surface area contributed by atoms with Gasteiger partial charge in [-0.05, 0) is 31.2 Å². The van der Waals surface area contributed by atoms with E-state index in [0.29, 0.717) is 12.5 Å². The molecule has 1 fully saturated rings. The van der Waals surface area contributed by atoms with Crippen molar-refractivity contribution in [1.29, 1.82) is 0 Å². The first-order valence-corrected chi connectivity index (χ1v) is 9.16. The van der Waals surface area contributed by atoms with Gasteiger partial charge >= 0.3 is 0 Å². The van der Waals surface area contributed by atoms with Crippen molar-refractivity contribution >= 4 is 16.9 Å². The molecule has 1 saturated heterocycles. The van der Waals surface area contributed by atoms with Crippen LogP contribution in [0.2, 0.25) is 0 Å². The van der Waals surface area contributed by atoms with Crippen molar-refractivity contribution < 1.29 is 0 Å². The molecule has 26 heavy (non-hydrogen) atoms. The normalized spacial score (nSPS) is 17.3. The topological polar surface area (TPSA) is 81.7 Å². The number of nitrogens with zero attached hydrogens (tertiary/aromatic N) is 7. The third-order valence-corrected chi connectivity index (χ3v) is 5.47.